The lowest BCUT2D eigenvalue weighted by Crippen LogP contribution is -1.74. The Morgan fingerprint density at radius 1 is 1.75 bits per heavy atom. The normalized spacial score (nSPS) is 16.8. The van der Waals surface area contributed by atoms with Gasteiger partial charge >= 0.3 is 0 Å². The zero-order valence-corrected chi connectivity index (χ0v) is 4.81. The summed E-state index contributed by atoms with van der Waals surface area (Å²) in [6.45, 7) is 0. The summed E-state index contributed by atoms with van der Waals surface area (Å²) in [6.07, 6.45) is 4.95. The van der Waals surface area contributed by atoms with E-state index in [9.17, 15) is 0 Å². The fourth-order valence-corrected chi connectivity index (χ4v) is 0.704. The molecule has 1 aliphatic heterocycles. The van der Waals surface area contributed by atoms with Crippen molar-refractivity contribution in [1.82, 2.24) is 0 Å². The Balaban J connectivity index is 2.63. The van der Waals surface area contributed by atoms with Gasteiger partial charge in [0.2, 0.25) is 0 Å². The summed E-state index contributed by atoms with van der Waals surface area (Å²) < 4.78 is 4.73. The highest BCUT2D eigenvalue weighted by atomic mass is 32.2. The molecule has 0 fully saturated rings. The number of nitrogens with one attached hydrogen (secondary N) is 1. The molecule has 1 N–H and O–H groups in total. The lowest BCUT2D eigenvalue weighted by molar-refractivity contribution is 0.566. The van der Waals surface area contributed by atoms with Gasteiger partial charge in [-0.1, -0.05) is 0 Å². The molecule has 1 aliphatic rings. The quantitative estimate of drug-likeness (QED) is 0.434. The van der Waals surface area contributed by atoms with Crippen molar-refractivity contribution in [1.29, 1.82) is 5.53 Å². The van der Waals surface area contributed by atoms with Crippen LogP contribution in [-0.2, 0) is 4.18 Å². The van der Waals surface area contributed by atoms with Crippen LogP contribution in [0.3, 0.4) is 0 Å². The molecule has 0 spiro atoms. The van der Waals surface area contributed by atoms with Gasteiger partial charge < -0.3 is 4.18 Å². The molecule has 3 nitrogen and oxygen atoms in total. The van der Waals surface area contributed by atoms with Crippen molar-refractivity contribution in [3.63, 3.8) is 0 Å². The maximum atomic E-state index is 6.52. The van der Waals surface area contributed by atoms with Crippen LogP contribution in [0.5, 0.6) is 0 Å². The second-order valence-corrected chi connectivity index (χ2v) is 1.90. The summed E-state index contributed by atoms with van der Waals surface area (Å²) in [5.41, 5.74) is 6.52. The lowest BCUT2D eigenvalue weighted by Gasteiger charge is -1.98. The highest BCUT2D eigenvalue weighted by molar-refractivity contribution is 7.98. The van der Waals surface area contributed by atoms with Crippen LogP contribution in [-0.4, -0.2) is 0 Å². The molecule has 0 radical (unpaired) electrons. The van der Waals surface area contributed by atoms with E-state index < -0.39 is 0 Å². The van der Waals surface area contributed by atoms with E-state index >= 15 is 0 Å². The van der Waals surface area contributed by atoms with E-state index in [1.165, 1.54) is 0 Å². The van der Waals surface area contributed by atoms with Gasteiger partial charge in [-0.25, -0.2) is 5.53 Å². The van der Waals surface area contributed by atoms with Crippen LogP contribution in [0.4, 0.5) is 0 Å². The van der Waals surface area contributed by atoms with Crippen LogP contribution >= 0.6 is 12.0 Å². The van der Waals surface area contributed by atoms with Gasteiger partial charge in [0.1, 0.15) is 18.3 Å². The summed E-state index contributed by atoms with van der Waals surface area (Å²) in [6, 6.07) is 0. The highest BCUT2D eigenvalue weighted by Crippen LogP contribution is 2.21. The Labute approximate surface area is 51.1 Å². The molecule has 0 amide bonds. The summed E-state index contributed by atoms with van der Waals surface area (Å²) >= 11 is 1.08. The first-order valence-corrected chi connectivity index (χ1v) is 2.75. The molecule has 0 saturated heterocycles. The third-order valence-corrected chi connectivity index (χ3v) is 1.22. The van der Waals surface area contributed by atoms with E-state index in [0.717, 1.165) is 12.0 Å². The number of allylic oxidation sites excluding steroid dienone is 2. The minimum atomic E-state index is 0.576. The maximum Gasteiger partial charge on any atom is 0.158 e. The van der Waals surface area contributed by atoms with Crippen molar-refractivity contribution in [3.8, 4) is 0 Å². The molecule has 0 aromatic rings. The van der Waals surface area contributed by atoms with Gasteiger partial charge in [0.05, 0.1) is 0 Å². The van der Waals surface area contributed by atoms with Gasteiger partial charge in [0, 0.05) is 0 Å². The average molecular weight is 128 g/mol. The molecule has 0 aromatic heterocycles. The Morgan fingerprint density at radius 2 is 2.62 bits per heavy atom. The molecular formula is C4H4N2OS. The standard InChI is InChI=1S/C4H4N2OS/c5-6-4-2-1-3-7-8-4/h1-3,5H. The molecule has 42 valence electrons. The van der Waals surface area contributed by atoms with E-state index in [0.29, 0.717) is 5.03 Å². The molecule has 0 aliphatic carbocycles. The Hall–Kier alpha value is -0.770. The number of nitrogens with zero attached hydrogens (tertiary/aromatic N) is 1. The van der Waals surface area contributed by atoms with Gasteiger partial charge in [-0.15, -0.1) is 5.11 Å². The second-order valence-electron chi connectivity index (χ2n) is 1.12. The van der Waals surface area contributed by atoms with Crippen LogP contribution in [0, 0.1) is 5.53 Å². The van der Waals surface area contributed by atoms with Crippen molar-refractivity contribution in [3.05, 3.63) is 23.4 Å². The van der Waals surface area contributed by atoms with Crippen molar-refractivity contribution < 1.29 is 4.18 Å². The third-order valence-electron chi connectivity index (χ3n) is 0.617. The summed E-state index contributed by atoms with van der Waals surface area (Å²) in [5.74, 6) is 0. The van der Waals surface area contributed by atoms with Gasteiger partial charge in [-0.2, -0.15) is 0 Å². The maximum absolute atomic E-state index is 6.52. The number of rotatable bonds is 1. The van der Waals surface area contributed by atoms with Crippen LogP contribution in [0.2, 0.25) is 0 Å². The average Bonchev–Trinajstić information content (AvgIpc) is 1.90. The lowest BCUT2D eigenvalue weighted by atomic mass is 10.6. The van der Waals surface area contributed by atoms with Crippen molar-refractivity contribution >= 4 is 12.0 Å². The van der Waals surface area contributed by atoms with Crippen molar-refractivity contribution in [2.45, 2.75) is 0 Å². The van der Waals surface area contributed by atoms with E-state index in [1.807, 2.05) is 0 Å². The zero-order chi connectivity index (χ0) is 5.82. The topological polar surface area (TPSA) is 45.4 Å². The highest BCUT2D eigenvalue weighted by Gasteiger charge is 1.96. The van der Waals surface area contributed by atoms with E-state index in [1.54, 1.807) is 18.4 Å². The predicted molar refractivity (Wildman–Crippen MR) is 31.0 cm³/mol. The SMILES string of the molecule is N=NC1=CC=COS1. The molecule has 1 heterocycles. The second kappa shape index (κ2) is 2.52. The summed E-state index contributed by atoms with van der Waals surface area (Å²) in [4.78, 5) is 0. The van der Waals surface area contributed by atoms with E-state index in [-0.39, 0.29) is 0 Å². The summed E-state index contributed by atoms with van der Waals surface area (Å²) in [7, 11) is 0. The van der Waals surface area contributed by atoms with E-state index in [2.05, 4.69) is 5.11 Å². The minimum Gasteiger partial charge on any atom is -0.427 e. The first-order valence-electron chi connectivity index (χ1n) is 2.01. The fraction of sp³-hybridized carbons (Fsp3) is 0. The molecule has 0 aromatic carbocycles. The van der Waals surface area contributed by atoms with Crippen LogP contribution in [0.25, 0.3) is 0 Å². The monoisotopic (exact) mass is 128 g/mol. The predicted octanol–water partition coefficient (Wildman–Crippen LogP) is 2.05. The molecule has 0 saturated carbocycles. The largest absolute Gasteiger partial charge is 0.427 e. The molecule has 0 bridgehead atoms. The van der Waals surface area contributed by atoms with Gasteiger partial charge in [0.15, 0.2) is 5.03 Å². The fourth-order valence-electron chi connectivity index (χ4n) is 0.314. The minimum absolute atomic E-state index is 0.576. The molecular weight excluding hydrogens is 124 g/mol. The number of hydrogen-bond acceptors (Lipinski definition) is 4. The van der Waals surface area contributed by atoms with Crippen molar-refractivity contribution in [2.24, 2.45) is 5.11 Å². The van der Waals surface area contributed by atoms with Crippen LogP contribution in [0.1, 0.15) is 0 Å². The van der Waals surface area contributed by atoms with E-state index in [4.69, 9.17) is 9.71 Å². The number of hydrogen-bond donors (Lipinski definition) is 1. The smallest absolute Gasteiger partial charge is 0.158 e. The zero-order valence-electron chi connectivity index (χ0n) is 4.00. The van der Waals surface area contributed by atoms with Gasteiger partial charge in [0.25, 0.3) is 0 Å². The van der Waals surface area contributed by atoms with Gasteiger partial charge in [-0.05, 0) is 12.2 Å². The molecule has 4 heteroatoms. The Kier molecular flexibility index (Phi) is 1.69. The van der Waals surface area contributed by atoms with Crippen LogP contribution < -0.4 is 0 Å². The molecule has 1 rings (SSSR count). The Morgan fingerprint density at radius 3 is 3.00 bits per heavy atom. The Bertz CT molecular complexity index is 152. The van der Waals surface area contributed by atoms with Gasteiger partial charge in [-0.3, -0.25) is 0 Å². The molecule has 8 heavy (non-hydrogen) atoms. The first kappa shape index (κ1) is 5.37. The van der Waals surface area contributed by atoms with Crippen LogP contribution in [0.15, 0.2) is 28.6 Å². The first-order chi connectivity index (χ1) is 3.93. The van der Waals surface area contributed by atoms with Crippen molar-refractivity contribution in [2.75, 3.05) is 0 Å². The molecule has 0 atom stereocenters. The third kappa shape index (κ3) is 1.10. The molecule has 0 unspecified atom stereocenters. The summed E-state index contributed by atoms with van der Waals surface area (Å²) in [5, 5.41) is 3.72.